The number of hydrogen-bond acceptors (Lipinski definition) is 4. The third-order valence-corrected chi connectivity index (χ3v) is 5.50. The zero-order valence-electron chi connectivity index (χ0n) is 14.5. The van der Waals surface area contributed by atoms with Gasteiger partial charge in [-0.3, -0.25) is 14.4 Å². The van der Waals surface area contributed by atoms with Gasteiger partial charge in [0.15, 0.2) is 5.78 Å². The fraction of sp³-hybridized carbons (Fsp3) is 0.550. The number of esters is 1. The molecule has 1 unspecified atom stereocenters. The van der Waals surface area contributed by atoms with E-state index in [1.807, 2.05) is 0 Å². The van der Waals surface area contributed by atoms with E-state index in [1.165, 1.54) is 19.1 Å². The molecule has 3 rings (SSSR count). The molecule has 1 saturated heterocycles. The number of carbonyl (C=O) groups is 3. The molecule has 2 fully saturated rings. The number of carbonyl (C=O) groups excluding carboxylic acids is 3. The lowest BCUT2D eigenvalue weighted by atomic mass is 9.76. The van der Waals surface area contributed by atoms with Crippen LogP contribution in [0.15, 0.2) is 18.2 Å². The Morgan fingerprint density at radius 1 is 1.28 bits per heavy atom. The molecular weight excluding hydrogens is 323 g/mol. The van der Waals surface area contributed by atoms with Gasteiger partial charge in [-0.2, -0.15) is 0 Å². The largest absolute Gasteiger partial charge is 0.458 e. The van der Waals surface area contributed by atoms with Gasteiger partial charge >= 0.3 is 5.97 Å². The molecule has 134 valence electrons. The Balaban J connectivity index is 1.79. The van der Waals surface area contributed by atoms with Crippen LogP contribution >= 0.6 is 0 Å². The quantitative estimate of drug-likeness (QED) is 0.462. The molecule has 1 aromatic rings. The number of ether oxygens (including phenoxy) is 1. The summed E-state index contributed by atoms with van der Waals surface area (Å²) in [6.45, 7) is 1.33. The maximum Gasteiger partial charge on any atom is 0.313 e. The van der Waals surface area contributed by atoms with Crippen LogP contribution in [0.25, 0.3) is 0 Å². The van der Waals surface area contributed by atoms with Gasteiger partial charge in [0.25, 0.3) is 0 Å². The minimum absolute atomic E-state index is 0.0683. The predicted molar refractivity (Wildman–Crippen MR) is 89.7 cm³/mol. The smallest absolute Gasteiger partial charge is 0.313 e. The van der Waals surface area contributed by atoms with Gasteiger partial charge in [0.1, 0.15) is 23.6 Å². The van der Waals surface area contributed by atoms with E-state index in [0.717, 1.165) is 31.2 Å². The van der Waals surface area contributed by atoms with Crippen LogP contribution in [0.2, 0.25) is 0 Å². The lowest BCUT2D eigenvalue weighted by molar-refractivity contribution is -0.178. The Kier molecular flexibility index (Phi) is 5.02. The van der Waals surface area contributed by atoms with Crippen molar-refractivity contribution in [2.24, 2.45) is 5.92 Å². The van der Waals surface area contributed by atoms with Crippen LogP contribution in [-0.4, -0.2) is 23.1 Å². The van der Waals surface area contributed by atoms with E-state index in [2.05, 4.69) is 0 Å². The van der Waals surface area contributed by atoms with Crippen molar-refractivity contribution in [3.63, 3.8) is 0 Å². The summed E-state index contributed by atoms with van der Waals surface area (Å²) in [6.07, 6.45) is 5.21. The van der Waals surface area contributed by atoms with Crippen molar-refractivity contribution in [3.8, 4) is 0 Å². The zero-order valence-corrected chi connectivity index (χ0v) is 14.5. The molecule has 1 heterocycles. The second-order valence-corrected chi connectivity index (χ2v) is 7.28. The summed E-state index contributed by atoms with van der Waals surface area (Å²) >= 11 is 0. The first-order valence-electron chi connectivity index (χ1n) is 8.92. The lowest BCUT2D eigenvalue weighted by Crippen LogP contribution is -2.48. The van der Waals surface area contributed by atoms with E-state index in [4.69, 9.17) is 4.74 Å². The second kappa shape index (κ2) is 7.06. The standard InChI is InChI=1S/C20H23FO4/c1-13(22)17-7-6-14(10-18(17)21)8-9-20(15-4-2-3-5-15)12-16(23)11-19(24)25-20/h6-7,10,15H,2-5,8-9,11-12H2,1H3. The van der Waals surface area contributed by atoms with Crippen molar-refractivity contribution in [1.29, 1.82) is 0 Å². The van der Waals surface area contributed by atoms with Crippen molar-refractivity contribution < 1.29 is 23.5 Å². The predicted octanol–water partition coefficient (Wildman–Crippen LogP) is 3.80. The van der Waals surface area contributed by atoms with Gasteiger partial charge in [-0.1, -0.05) is 18.9 Å². The van der Waals surface area contributed by atoms with Gasteiger partial charge < -0.3 is 4.74 Å². The summed E-state index contributed by atoms with van der Waals surface area (Å²) in [5.41, 5.74) is 0.0704. The first-order valence-corrected chi connectivity index (χ1v) is 8.92. The molecule has 1 saturated carbocycles. The molecule has 1 aliphatic heterocycles. The summed E-state index contributed by atoms with van der Waals surface area (Å²) in [5, 5.41) is 0. The highest BCUT2D eigenvalue weighted by Crippen LogP contribution is 2.43. The highest BCUT2D eigenvalue weighted by atomic mass is 19.1. The Labute approximate surface area is 146 Å². The fourth-order valence-electron chi connectivity index (χ4n) is 4.23. The molecule has 4 nitrogen and oxygen atoms in total. The molecule has 1 aliphatic carbocycles. The number of hydrogen-bond donors (Lipinski definition) is 0. The molecule has 1 atom stereocenters. The summed E-state index contributed by atoms with van der Waals surface area (Å²) in [4.78, 5) is 35.3. The number of Topliss-reactive ketones (excluding diaryl/α,β-unsaturated/α-hetero) is 2. The molecule has 2 aliphatic rings. The van der Waals surface area contributed by atoms with Gasteiger partial charge in [0, 0.05) is 6.42 Å². The highest BCUT2D eigenvalue weighted by Gasteiger charge is 2.47. The van der Waals surface area contributed by atoms with Crippen LogP contribution in [0, 0.1) is 11.7 Å². The minimum Gasteiger partial charge on any atom is -0.458 e. The molecule has 0 amide bonds. The maximum absolute atomic E-state index is 14.0. The number of aryl methyl sites for hydroxylation is 1. The lowest BCUT2D eigenvalue weighted by Gasteiger charge is -2.41. The third kappa shape index (κ3) is 3.80. The van der Waals surface area contributed by atoms with E-state index >= 15 is 0 Å². The van der Waals surface area contributed by atoms with E-state index in [0.29, 0.717) is 12.8 Å². The van der Waals surface area contributed by atoms with Crippen LogP contribution in [0.5, 0.6) is 0 Å². The molecular formula is C20H23FO4. The number of ketones is 2. The first kappa shape index (κ1) is 17.8. The molecule has 0 spiro atoms. The topological polar surface area (TPSA) is 60.4 Å². The Hall–Kier alpha value is -2.04. The Morgan fingerprint density at radius 3 is 2.60 bits per heavy atom. The van der Waals surface area contributed by atoms with Gasteiger partial charge in [0.2, 0.25) is 0 Å². The average Bonchev–Trinajstić information content (AvgIpc) is 3.07. The average molecular weight is 346 g/mol. The van der Waals surface area contributed by atoms with Crippen molar-refractivity contribution in [3.05, 3.63) is 35.1 Å². The third-order valence-electron chi connectivity index (χ3n) is 5.50. The Bertz CT molecular complexity index is 688. The first-order chi connectivity index (χ1) is 11.9. The van der Waals surface area contributed by atoms with Crippen LogP contribution < -0.4 is 0 Å². The monoisotopic (exact) mass is 346 g/mol. The number of cyclic esters (lactones) is 1. The molecule has 1 aromatic carbocycles. The molecule has 5 heteroatoms. The van der Waals surface area contributed by atoms with Gasteiger partial charge in [0.05, 0.1) is 5.56 Å². The number of benzene rings is 1. The van der Waals surface area contributed by atoms with Gasteiger partial charge in [-0.15, -0.1) is 0 Å². The molecule has 25 heavy (non-hydrogen) atoms. The van der Waals surface area contributed by atoms with E-state index < -0.39 is 17.4 Å². The normalized spacial score (nSPS) is 24.4. The Morgan fingerprint density at radius 2 is 2.00 bits per heavy atom. The van der Waals surface area contributed by atoms with Crippen LogP contribution in [0.1, 0.15) is 67.8 Å². The van der Waals surface area contributed by atoms with Crippen molar-refractivity contribution in [1.82, 2.24) is 0 Å². The van der Waals surface area contributed by atoms with Crippen molar-refractivity contribution in [2.45, 2.75) is 63.9 Å². The second-order valence-electron chi connectivity index (χ2n) is 7.28. The maximum atomic E-state index is 14.0. The van der Waals surface area contributed by atoms with Crippen molar-refractivity contribution >= 4 is 17.5 Å². The number of rotatable bonds is 5. The summed E-state index contributed by atoms with van der Waals surface area (Å²) in [5.74, 6) is -1.15. The molecule has 0 bridgehead atoms. The van der Waals surface area contributed by atoms with Crippen LogP contribution in [-0.2, 0) is 20.7 Å². The number of halogens is 1. The van der Waals surface area contributed by atoms with Crippen LogP contribution in [0.4, 0.5) is 4.39 Å². The van der Waals surface area contributed by atoms with Crippen molar-refractivity contribution in [2.75, 3.05) is 0 Å². The molecule has 0 radical (unpaired) electrons. The van der Waals surface area contributed by atoms with E-state index in [9.17, 15) is 18.8 Å². The highest BCUT2D eigenvalue weighted by molar-refractivity contribution is 5.98. The fourth-order valence-corrected chi connectivity index (χ4v) is 4.23. The van der Waals surface area contributed by atoms with Gasteiger partial charge in [-0.05, 0) is 56.2 Å². The molecule has 0 N–H and O–H groups in total. The summed E-state index contributed by atoms with van der Waals surface area (Å²) in [6, 6.07) is 4.59. The SMILES string of the molecule is CC(=O)c1ccc(CCC2(C3CCCC3)CC(=O)CC(=O)O2)cc1F. The summed E-state index contributed by atoms with van der Waals surface area (Å²) < 4.78 is 19.8. The zero-order chi connectivity index (χ0) is 18.0. The minimum atomic E-state index is -0.751. The molecule has 0 aromatic heterocycles. The van der Waals surface area contributed by atoms with Crippen LogP contribution in [0.3, 0.4) is 0 Å². The summed E-state index contributed by atoms with van der Waals surface area (Å²) in [7, 11) is 0. The van der Waals surface area contributed by atoms with E-state index in [-0.39, 0.29) is 35.9 Å². The van der Waals surface area contributed by atoms with Gasteiger partial charge in [-0.25, -0.2) is 4.39 Å². The van der Waals surface area contributed by atoms with E-state index in [1.54, 1.807) is 6.07 Å².